The van der Waals surface area contributed by atoms with Gasteiger partial charge in [0.15, 0.2) is 0 Å². The highest BCUT2D eigenvalue weighted by Crippen LogP contribution is 2.37. The summed E-state index contributed by atoms with van der Waals surface area (Å²) in [4.78, 5) is 32.3. The summed E-state index contributed by atoms with van der Waals surface area (Å²) >= 11 is 6.57. The molecule has 0 unspecified atom stereocenters. The van der Waals surface area contributed by atoms with Crippen molar-refractivity contribution in [1.29, 1.82) is 0 Å². The quantitative estimate of drug-likeness (QED) is 0.223. The monoisotopic (exact) mass is 635 g/mol. The minimum Gasteiger partial charge on any atom is -0.508 e. The molecule has 3 aromatic carbocycles. The standard InChI is InChI=1S/C38H38ClN3O4/c1-24-19-29(39)20-33(37(44)41-18-17-26-9-5-6-10-27(26)22-41)36(24)34-21-32(25(2)40(34)3)38(45)42(30-13-15-31(43)16-14-30)23-28-11-7-8-12-35(28)46-4/h7-16,19-21,43H,5-6,17-18,22-23H2,1-4H3. The van der Waals surface area contributed by atoms with Gasteiger partial charge in [0.2, 0.25) is 0 Å². The fraction of sp³-hybridized carbons (Fsp3) is 0.263. The van der Waals surface area contributed by atoms with Crippen LogP contribution in [0, 0.1) is 13.8 Å². The summed E-state index contributed by atoms with van der Waals surface area (Å²) in [7, 11) is 3.53. The molecule has 4 aromatic rings. The van der Waals surface area contributed by atoms with Crippen molar-refractivity contribution in [1.82, 2.24) is 9.47 Å². The zero-order chi connectivity index (χ0) is 32.5. The SMILES string of the molecule is COc1ccccc1CN(C(=O)c1cc(-c2c(C)cc(Cl)cc2C(=O)N2CCC3=CCCC=C3C2)n(C)c1C)c1ccc(O)cc1. The molecule has 1 N–H and O–H groups in total. The number of aromatic nitrogens is 1. The van der Waals surface area contributed by atoms with E-state index in [2.05, 4.69) is 12.2 Å². The lowest BCUT2D eigenvalue weighted by Gasteiger charge is -2.33. The van der Waals surface area contributed by atoms with Gasteiger partial charge >= 0.3 is 0 Å². The van der Waals surface area contributed by atoms with Gasteiger partial charge in [-0.15, -0.1) is 0 Å². The largest absolute Gasteiger partial charge is 0.508 e. The number of rotatable bonds is 7. The number of para-hydroxylation sites is 1. The van der Waals surface area contributed by atoms with Crippen LogP contribution in [0.15, 0.2) is 90.0 Å². The number of phenolic OH excluding ortho intramolecular Hbond substituents is 1. The van der Waals surface area contributed by atoms with E-state index >= 15 is 0 Å². The Kier molecular flexibility index (Phi) is 8.78. The first-order valence-electron chi connectivity index (χ1n) is 15.5. The van der Waals surface area contributed by atoms with Gasteiger partial charge in [-0.3, -0.25) is 9.59 Å². The summed E-state index contributed by atoms with van der Waals surface area (Å²) < 4.78 is 7.57. The highest BCUT2D eigenvalue weighted by molar-refractivity contribution is 6.31. The first-order chi connectivity index (χ1) is 22.2. The second-order valence-electron chi connectivity index (χ2n) is 12.0. The Morgan fingerprint density at radius 1 is 0.957 bits per heavy atom. The van der Waals surface area contributed by atoms with Crippen molar-refractivity contribution < 1.29 is 19.4 Å². The van der Waals surface area contributed by atoms with Gasteiger partial charge in [0, 0.05) is 53.4 Å². The number of likely N-dealkylation sites (tertiary alicyclic amines) is 1. The molecule has 0 spiro atoms. The molecule has 236 valence electrons. The number of carbonyl (C=O) groups is 2. The Labute approximate surface area is 275 Å². The van der Waals surface area contributed by atoms with Crippen molar-refractivity contribution in [3.63, 3.8) is 0 Å². The van der Waals surface area contributed by atoms with Crippen molar-refractivity contribution in [2.24, 2.45) is 7.05 Å². The number of amides is 2. The smallest absolute Gasteiger partial charge is 0.260 e. The van der Waals surface area contributed by atoms with Crippen LogP contribution < -0.4 is 9.64 Å². The Balaban J connectivity index is 1.40. The highest BCUT2D eigenvalue weighted by Gasteiger charge is 2.30. The van der Waals surface area contributed by atoms with Gasteiger partial charge in [-0.1, -0.05) is 42.0 Å². The average molecular weight is 636 g/mol. The van der Waals surface area contributed by atoms with Gasteiger partial charge in [-0.2, -0.15) is 0 Å². The molecule has 2 heterocycles. The minimum atomic E-state index is -0.213. The molecule has 0 radical (unpaired) electrons. The maximum Gasteiger partial charge on any atom is 0.260 e. The van der Waals surface area contributed by atoms with Crippen molar-refractivity contribution in [2.75, 3.05) is 25.1 Å². The Morgan fingerprint density at radius 2 is 1.67 bits per heavy atom. The van der Waals surface area contributed by atoms with Gasteiger partial charge < -0.3 is 24.2 Å². The van der Waals surface area contributed by atoms with E-state index in [0.29, 0.717) is 40.7 Å². The number of methoxy groups -OCH3 is 1. The predicted octanol–water partition coefficient (Wildman–Crippen LogP) is 8.02. The molecule has 6 rings (SSSR count). The summed E-state index contributed by atoms with van der Waals surface area (Å²) in [5.41, 5.74) is 8.23. The fourth-order valence-corrected chi connectivity index (χ4v) is 6.83. The molecular weight excluding hydrogens is 598 g/mol. The number of fused-ring (bicyclic) bond motifs is 1. The molecule has 1 aliphatic carbocycles. The molecule has 8 heteroatoms. The number of carbonyl (C=O) groups excluding carboxylic acids is 2. The van der Waals surface area contributed by atoms with E-state index in [1.54, 1.807) is 42.3 Å². The number of piperidine rings is 1. The third kappa shape index (κ3) is 5.95. The molecule has 7 nitrogen and oxygen atoms in total. The number of aryl methyl sites for hydroxylation is 1. The summed E-state index contributed by atoms with van der Waals surface area (Å²) in [6.45, 7) is 5.34. The first kappa shape index (κ1) is 31.2. The number of benzene rings is 3. The van der Waals surface area contributed by atoms with Gasteiger partial charge in [-0.25, -0.2) is 0 Å². The molecule has 2 amide bonds. The average Bonchev–Trinajstić information content (AvgIpc) is 3.36. The summed E-state index contributed by atoms with van der Waals surface area (Å²) in [5, 5.41) is 10.5. The Bertz CT molecular complexity index is 1890. The number of ether oxygens (including phenoxy) is 1. The highest BCUT2D eigenvalue weighted by atomic mass is 35.5. The lowest BCUT2D eigenvalue weighted by molar-refractivity contribution is 0.0763. The zero-order valence-electron chi connectivity index (χ0n) is 26.6. The molecule has 46 heavy (non-hydrogen) atoms. The van der Waals surface area contributed by atoms with Crippen LogP contribution in [-0.2, 0) is 13.6 Å². The van der Waals surface area contributed by atoms with Crippen molar-refractivity contribution in [2.45, 2.75) is 39.7 Å². The fourth-order valence-electron chi connectivity index (χ4n) is 6.56. The van der Waals surface area contributed by atoms with Crippen LogP contribution in [0.3, 0.4) is 0 Å². The van der Waals surface area contributed by atoms with Gasteiger partial charge in [0.1, 0.15) is 11.5 Å². The predicted molar refractivity (Wildman–Crippen MR) is 183 cm³/mol. The van der Waals surface area contributed by atoms with E-state index < -0.39 is 0 Å². The summed E-state index contributed by atoms with van der Waals surface area (Å²) in [6, 6.07) is 19.7. The molecule has 0 bridgehead atoms. The number of hydrogen-bond acceptors (Lipinski definition) is 4. The first-order valence-corrected chi connectivity index (χ1v) is 15.9. The number of allylic oxidation sites excluding steroid dienone is 2. The van der Waals surface area contributed by atoms with E-state index in [-0.39, 0.29) is 24.1 Å². The second-order valence-corrected chi connectivity index (χ2v) is 12.4. The second kappa shape index (κ2) is 12.9. The number of nitrogens with zero attached hydrogens (tertiary/aromatic N) is 3. The van der Waals surface area contributed by atoms with Crippen LogP contribution >= 0.6 is 11.6 Å². The topological polar surface area (TPSA) is 75.0 Å². The maximum atomic E-state index is 14.5. The number of halogens is 1. The summed E-state index contributed by atoms with van der Waals surface area (Å²) in [5.74, 6) is 0.506. The molecule has 2 aliphatic rings. The number of phenols is 1. The van der Waals surface area contributed by atoms with Crippen molar-refractivity contribution in [3.05, 3.63) is 123 Å². The molecular formula is C38H38ClN3O4. The van der Waals surface area contributed by atoms with E-state index in [0.717, 1.165) is 47.3 Å². The minimum absolute atomic E-state index is 0.0697. The van der Waals surface area contributed by atoms with Crippen LogP contribution in [0.5, 0.6) is 11.5 Å². The van der Waals surface area contributed by atoms with E-state index in [4.69, 9.17) is 16.3 Å². The van der Waals surface area contributed by atoms with Crippen LogP contribution in [-0.4, -0.2) is 46.6 Å². The number of aromatic hydroxyl groups is 1. The molecule has 1 aliphatic heterocycles. The summed E-state index contributed by atoms with van der Waals surface area (Å²) in [6.07, 6.45) is 7.45. The van der Waals surface area contributed by atoms with Crippen LogP contribution in [0.2, 0.25) is 5.02 Å². The Hall–Kier alpha value is -4.75. The lowest BCUT2D eigenvalue weighted by Crippen LogP contribution is -2.38. The van der Waals surface area contributed by atoms with E-state index in [9.17, 15) is 14.7 Å². The molecule has 1 aromatic heterocycles. The third-order valence-corrected chi connectivity index (χ3v) is 9.36. The van der Waals surface area contributed by atoms with Gasteiger partial charge in [0.05, 0.1) is 24.8 Å². The third-order valence-electron chi connectivity index (χ3n) is 9.14. The molecule has 1 saturated heterocycles. The maximum absolute atomic E-state index is 14.5. The number of hydrogen-bond donors (Lipinski definition) is 1. The van der Waals surface area contributed by atoms with Crippen molar-refractivity contribution in [3.8, 4) is 22.8 Å². The van der Waals surface area contributed by atoms with E-state index in [1.165, 1.54) is 11.1 Å². The normalized spacial score (nSPS) is 14.3. The van der Waals surface area contributed by atoms with E-state index in [1.807, 2.05) is 66.8 Å². The van der Waals surface area contributed by atoms with Crippen LogP contribution in [0.1, 0.15) is 56.8 Å². The molecule has 1 fully saturated rings. The van der Waals surface area contributed by atoms with Crippen molar-refractivity contribution >= 4 is 29.1 Å². The molecule has 0 saturated carbocycles. The Morgan fingerprint density at radius 3 is 2.41 bits per heavy atom. The van der Waals surface area contributed by atoms with Crippen LogP contribution in [0.25, 0.3) is 11.3 Å². The van der Waals surface area contributed by atoms with Crippen LogP contribution in [0.4, 0.5) is 5.69 Å². The zero-order valence-corrected chi connectivity index (χ0v) is 27.4. The van der Waals surface area contributed by atoms with Gasteiger partial charge in [-0.05, 0) is 98.4 Å². The molecule has 0 atom stereocenters. The number of anilines is 1. The lowest BCUT2D eigenvalue weighted by atomic mass is 9.90. The van der Waals surface area contributed by atoms with Gasteiger partial charge in [0.25, 0.3) is 11.8 Å².